The van der Waals surface area contributed by atoms with E-state index in [2.05, 4.69) is 34.1 Å². The van der Waals surface area contributed by atoms with Crippen LogP contribution in [0.4, 0.5) is 5.82 Å². The smallest absolute Gasteiger partial charge is 0.221 e. The second-order valence-corrected chi connectivity index (χ2v) is 5.03. The quantitative estimate of drug-likeness (QED) is 0.560. The Bertz CT molecular complexity index is 418. The minimum Gasteiger partial charge on any atom is -0.476 e. The molecule has 0 saturated heterocycles. The number of rotatable bonds is 8. The lowest BCUT2D eigenvalue weighted by Crippen LogP contribution is -2.28. The van der Waals surface area contributed by atoms with E-state index in [0.29, 0.717) is 18.3 Å². The molecule has 1 aromatic heterocycles. The average molecular weight is 281 g/mol. The fraction of sp³-hybridized carbons (Fsp3) is 0.714. The van der Waals surface area contributed by atoms with Crippen LogP contribution in [0.25, 0.3) is 0 Å². The summed E-state index contributed by atoms with van der Waals surface area (Å²) in [6, 6.07) is 0. The minimum atomic E-state index is 0.229. The summed E-state index contributed by atoms with van der Waals surface area (Å²) in [7, 11) is 0. The van der Waals surface area contributed by atoms with Crippen LogP contribution in [0, 0.1) is 6.92 Å². The van der Waals surface area contributed by atoms with Crippen molar-refractivity contribution < 1.29 is 4.74 Å². The zero-order valence-electron chi connectivity index (χ0n) is 13.2. The normalized spacial score (nSPS) is 11.2. The van der Waals surface area contributed by atoms with Gasteiger partial charge in [-0.1, -0.05) is 27.7 Å². The summed E-state index contributed by atoms with van der Waals surface area (Å²) in [5, 5.41) is 0. The molecule has 6 heteroatoms. The molecule has 0 saturated carbocycles. The van der Waals surface area contributed by atoms with Crippen LogP contribution in [0.3, 0.4) is 0 Å². The van der Waals surface area contributed by atoms with Gasteiger partial charge >= 0.3 is 0 Å². The molecule has 20 heavy (non-hydrogen) atoms. The van der Waals surface area contributed by atoms with Crippen molar-refractivity contribution in [3.8, 4) is 5.88 Å². The molecule has 0 unspecified atom stereocenters. The number of anilines is 1. The highest BCUT2D eigenvalue weighted by atomic mass is 16.5. The van der Waals surface area contributed by atoms with Crippen LogP contribution >= 0.6 is 0 Å². The molecule has 0 radical (unpaired) electrons. The van der Waals surface area contributed by atoms with Crippen LogP contribution in [0.15, 0.2) is 0 Å². The van der Waals surface area contributed by atoms with Crippen molar-refractivity contribution in [2.75, 3.05) is 31.7 Å². The monoisotopic (exact) mass is 281 g/mol. The Morgan fingerprint density at radius 3 is 2.40 bits per heavy atom. The Kier molecular flexibility index (Phi) is 6.67. The van der Waals surface area contributed by atoms with E-state index in [4.69, 9.17) is 10.6 Å². The van der Waals surface area contributed by atoms with Crippen molar-refractivity contribution in [3.05, 3.63) is 11.4 Å². The van der Waals surface area contributed by atoms with Crippen molar-refractivity contribution in [1.29, 1.82) is 0 Å². The molecule has 0 aliphatic rings. The van der Waals surface area contributed by atoms with Gasteiger partial charge in [-0.3, -0.25) is 0 Å². The number of hydrogen-bond donors (Lipinski definition) is 2. The largest absolute Gasteiger partial charge is 0.476 e. The highest BCUT2D eigenvalue weighted by Gasteiger charge is 2.13. The number of nitrogens with zero attached hydrogens (tertiary/aromatic N) is 3. The topological polar surface area (TPSA) is 76.3 Å². The number of hydrogen-bond acceptors (Lipinski definition) is 6. The summed E-state index contributed by atoms with van der Waals surface area (Å²) in [4.78, 5) is 11.2. The van der Waals surface area contributed by atoms with Gasteiger partial charge in [-0.25, -0.2) is 10.8 Å². The summed E-state index contributed by atoms with van der Waals surface area (Å²) in [6.07, 6.45) is 0. The molecular weight excluding hydrogens is 254 g/mol. The maximum absolute atomic E-state index is 5.82. The highest BCUT2D eigenvalue weighted by molar-refractivity contribution is 5.47. The van der Waals surface area contributed by atoms with Gasteiger partial charge in [0.05, 0.1) is 5.56 Å². The summed E-state index contributed by atoms with van der Waals surface area (Å²) in [6.45, 7) is 13.8. The highest BCUT2D eigenvalue weighted by Crippen LogP contribution is 2.24. The molecule has 0 aromatic carbocycles. The average Bonchev–Trinajstić information content (AvgIpc) is 2.44. The van der Waals surface area contributed by atoms with Gasteiger partial charge < -0.3 is 15.1 Å². The molecule has 0 bridgehead atoms. The lowest BCUT2D eigenvalue weighted by atomic mass is 10.2. The Morgan fingerprint density at radius 1 is 1.25 bits per heavy atom. The van der Waals surface area contributed by atoms with Gasteiger partial charge in [0, 0.05) is 12.5 Å². The van der Waals surface area contributed by atoms with Gasteiger partial charge in [0.15, 0.2) is 0 Å². The fourth-order valence-electron chi connectivity index (χ4n) is 1.86. The van der Waals surface area contributed by atoms with Gasteiger partial charge in [0.1, 0.15) is 18.2 Å². The Labute approximate surface area is 121 Å². The van der Waals surface area contributed by atoms with Crippen LogP contribution in [0.5, 0.6) is 5.88 Å². The van der Waals surface area contributed by atoms with Crippen LogP contribution in [-0.4, -0.2) is 41.1 Å². The number of hydrazine groups is 1. The second kappa shape index (κ2) is 8.01. The Morgan fingerprint density at radius 2 is 1.90 bits per heavy atom. The van der Waals surface area contributed by atoms with Crippen LogP contribution in [0.2, 0.25) is 0 Å². The Hall–Kier alpha value is -1.40. The molecule has 6 nitrogen and oxygen atoms in total. The van der Waals surface area contributed by atoms with Gasteiger partial charge in [-0.05, 0) is 20.0 Å². The van der Waals surface area contributed by atoms with Gasteiger partial charge in [-0.15, -0.1) is 0 Å². The SMILES string of the molecule is CCN(CC)CCOc1nc(C(C)C)nc(NN)c1C. The van der Waals surface area contributed by atoms with Crippen LogP contribution < -0.4 is 16.0 Å². The molecule has 0 amide bonds. The number of aromatic nitrogens is 2. The first-order chi connectivity index (χ1) is 9.53. The third-order valence-corrected chi connectivity index (χ3v) is 3.31. The van der Waals surface area contributed by atoms with E-state index < -0.39 is 0 Å². The van der Waals surface area contributed by atoms with Crippen LogP contribution in [0.1, 0.15) is 45.0 Å². The number of nitrogen functional groups attached to an aromatic ring is 1. The molecule has 1 rings (SSSR count). The predicted molar refractivity (Wildman–Crippen MR) is 82.0 cm³/mol. The van der Waals surface area contributed by atoms with Crippen molar-refractivity contribution in [3.63, 3.8) is 0 Å². The molecule has 0 atom stereocenters. The molecule has 114 valence electrons. The maximum Gasteiger partial charge on any atom is 0.221 e. The summed E-state index contributed by atoms with van der Waals surface area (Å²) in [5.74, 6) is 7.71. The summed E-state index contributed by atoms with van der Waals surface area (Å²) >= 11 is 0. The zero-order chi connectivity index (χ0) is 15.1. The van der Waals surface area contributed by atoms with Gasteiger partial charge in [0.2, 0.25) is 5.88 Å². The summed E-state index contributed by atoms with van der Waals surface area (Å²) in [5.41, 5.74) is 3.45. The molecule has 3 N–H and O–H groups in total. The molecule has 0 spiro atoms. The predicted octanol–water partition coefficient (Wildman–Crippen LogP) is 1.91. The van der Waals surface area contributed by atoms with Gasteiger partial charge in [-0.2, -0.15) is 4.98 Å². The van der Waals surface area contributed by atoms with Gasteiger partial charge in [0.25, 0.3) is 0 Å². The molecule has 0 aliphatic heterocycles. The number of nitrogens with one attached hydrogen (secondary N) is 1. The van der Waals surface area contributed by atoms with Crippen LogP contribution in [-0.2, 0) is 0 Å². The molecule has 0 fully saturated rings. The lowest BCUT2D eigenvalue weighted by molar-refractivity contribution is 0.216. The maximum atomic E-state index is 5.82. The van der Waals surface area contributed by atoms with E-state index in [-0.39, 0.29) is 5.92 Å². The lowest BCUT2D eigenvalue weighted by Gasteiger charge is -2.19. The fourth-order valence-corrected chi connectivity index (χ4v) is 1.86. The van der Waals surface area contributed by atoms with E-state index in [1.165, 1.54) is 0 Å². The first-order valence-electron chi connectivity index (χ1n) is 7.23. The third-order valence-electron chi connectivity index (χ3n) is 3.31. The van der Waals surface area contributed by atoms with Crippen molar-refractivity contribution in [2.45, 2.75) is 40.5 Å². The molecule has 1 aromatic rings. The number of likely N-dealkylation sites (N-methyl/N-ethyl adjacent to an activating group) is 1. The van der Waals surface area contributed by atoms with E-state index in [0.717, 1.165) is 31.0 Å². The molecule has 0 aliphatic carbocycles. The first-order valence-corrected chi connectivity index (χ1v) is 7.23. The van der Waals surface area contributed by atoms with E-state index in [9.17, 15) is 0 Å². The zero-order valence-corrected chi connectivity index (χ0v) is 13.2. The molecule has 1 heterocycles. The first kappa shape index (κ1) is 16.7. The standard InChI is InChI=1S/C14H27N5O/c1-6-19(7-2)8-9-20-14-11(5)13(18-15)16-12(17-14)10(3)4/h10H,6-9,15H2,1-5H3,(H,16,17,18). The number of ether oxygens (including phenoxy) is 1. The van der Waals surface area contributed by atoms with Crippen molar-refractivity contribution in [2.24, 2.45) is 5.84 Å². The van der Waals surface area contributed by atoms with E-state index in [1.807, 2.05) is 20.8 Å². The van der Waals surface area contributed by atoms with E-state index in [1.54, 1.807) is 0 Å². The van der Waals surface area contributed by atoms with Crippen molar-refractivity contribution >= 4 is 5.82 Å². The second-order valence-electron chi connectivity index (χ2n) is 5.03. The Balaban J connectivity index is 2.80. The summed E-state index contributed by atoms with van der Waals surface area (Å²) < 4.78 is 5.82. The van der Waals surface area contributed by atoms with Crippen molar-refractivity contribution in [1.82, 2.24) is 14.9 Å². The minimum absolute atomic E-state index is 0.229. The third kappa shape index (κ3) is 4.31. The van der Waals surface area contributed by atoms with E-state index >= 15 is 0 Å². The molecular formula is C14H27N5O. The number of nitrogens with two attached hydrogens (primary N) is 1.